The molecule has 0 spiro atoms. The summed E-state index contributed by atoms with van der Waals surface area (Å²) >= 11 is 4.19. The van der Waals surface area contributed by atoms with Crippen LogP contribution in [0.3, 0.4) is 0 Å². The number of isothiocyanates is 1. The fourth-order valence-corrected chi connectivity index (χ4v) is 0.656. The van der Waals surface area contributed by atoms with E-state index in [1.165, 1.54) is 0 Å². The maximum Gasteiger partial charge on any atom is 0.210 e. The lowest BCUT2D eigenvalue weighted by molar-refractivity contribution is 0.597. The standard InChI is InChI=1S/C3H6N2O2S2/c4-9(6,7)2-1-5-3-8/h1-2H2,(H2,4,6,7). The van der Waals surface area contributed by atoms with Crippen LogP contribution in [0.5, 0.6) is 0 Å². The quantitative estimate of drug-likeness (QED) is 0.448. The van der Waals surface area contributed by atoms with Gasteiger partial charge in [0.15, 0.2) is 0 Å². The number of rotatable bonds is 3. The van der Waals surface area contributed by atoms with Gasteiger partial charge in [0.1, 0.15) is 0 Å². The Kier molecular flexibility index (Phi) is 3.56. The maximum atomic E-state index is 10.2. The first-order valence-corrected chi connectivity index (χ1v) is 4.23. The lowest BCUT2D eigenvalue weighted by Crippen LogP contribution is -2.18. The van der Waals surface area contributed by atoms with Crippen molar-refractivity contribution in [3.05, 3.63) is 0 Å². The second-order valence-corrected chi connectivity index (χ2v) is 3.26. The largest absolute Gasteiger partial charge is 0.231 e. The fraction of sp³-hybridized carbons (Fsp3) is 0.667. The molecule has 0 amide bonds. The molecule has 0 radical (unpaired) electrons. The topological polar surface area (TPSA) is 72.5 Å². The predicted molar refractivity (Wildman–Crippen MR) is 37.9 cm³/mol. The monoisotopic (exact) mass is 166 g/mol. The Labute approximate surface area is 58.8 Å². The summed E-state index contributed by atoms with van der Waals surface area (Å²) in [5, 5.41) is 6.66. The van der Waals surface area contributed by atoms with E-state index in [-0.39, 0.29) is 12.3 Å². The van der Waals surface area contributed by atoms with Crippen LogP contribution < -0.4 is 5.14 Å². The minimum Gasteiger partial charge on any atom is -0.231 e. The highest BCUT2D eigenvalue weighted by atomic mass is 32.2. The molecule has 0 saturated heterocycles. The summed E-state index contributed by atoms with van der Waals surface area (Å²) in [6.45, 7) is 0.0995. The molecule has 0 aliphatic carbocycles. The molecule has 6 heteroatoms. The molecule has 0 unspecified atom stereocenters. The molecule has 52 valence electrons. The summed E-state index contributed by atoms with van der Waals surface area (Å²) in [4.78, 5) is 3.36. The molecule has 0 aromatic rings. The minimum atomic E-state index is -3.38. The van der Waals surface area contributed by atoms with E-state index in [1.807, 2.05) is 5.16 Å². The van der Waals surface area contributed by atoms with Crippen LogP contribution in [-0.2, 0) is 10.0 Å². The summed E-state index contributed by atoms with van der Waals surface area (Å²) in [6, 6.07) is 0. The summed E-state index contributed by atoms with van der Waals surface area (Å²) in [7, 11) is -3.38. The van der Waals surface area contributed by atoms with Gasteiger partial charge in [-0.1, -0.05) is 0 Å². The number of sulfonamides is 1. The SMILES string of the molecule is NS(=O)(=O)CCN=C=S. The third-order valence-corrected chi connectivity index (χ3v) is 1.43. The van der Waals surface area contributed by atoms with Gasteiger partial charge in [-0.2, -0.15) is 0 Å². The van der Waals surface area contributed by atoms with Crippen molar-refractivity contribution < 1.29 is 8.42 Å². The van der Waals surface area contributed by atoms with Crippen LogP contribution in [0.4, 0.5) is 0 Å². The Morgan fingerprint density at radius 2 is 2.22 bits per heavy atom. The van der Waals surface area contributed by atoms with E-state index < -0.39 is 10.0 Å². The van der Waals surface area contributed by atoms with Gasteiger partial charge < -0.3 is 0 Å². The van der Waals surface area contributed by atoms with Gasteiger partial charge in [0.2, 0.25) is 10.0 Å². The van der Waals surface area contributed by atoms with E-state index in [1.54, 1.807) is 0 Å². The summed E-state index contributed by atoms with van der Waals surface area (Å²) in [5.74, 6) is -0.170. The summed E-state index contributed by atoms with van der Waals surface area (Å²) in [6.07, 6.45) is 0. The van der Waals surface area contributed by atoms with E-state index in [0.717, 1.165) is 0 Å². The van der Waals surface area contributed by atoms with Crippen LogP contribution >= 0.6 is 12.2 Å². The Morgan fingerprint density at radius 1 is 1.67 bits per heavy atom. The van der Waals surface area contributed by atoms with Gasteiger partial charge in [-0.05, 0) is 12.2 Å². The van der Waals surface area contributed by atoms with Crippen molar-refractivity contribution in [1.29, 1.82) is 0 Å². The molecule has 0 aromatic heterocycles. The molecule has 0 rings (SSSR count). The van der Waals surface area contributed by atoms with Crippen molar-refractivity contribution in [2.45, 2.75) is 0 Å². The predicted octanol–water partition coefficient (Wildman–Crippen LogP) is -0.622. The van der Waals surface area contributed by atoms with E-state index in [9.17, 15) is 8.42 Å². The number of aliphatic imine (C=N–C) groups is 1. The molecule has 9 heavy (non-hydrogen) atoms. The number of nitrogens with zero attached hydrogens (tertiary/aromatic N) is 1. The molecular formula is C3H6N2O2S2. The van der Waals surface area contributed by atoms with Crippen molar-refractivity contribution in [2.24, 2.45) is 10.1 Å². The molecule has 0 heterocycles. The molecule has 0 bridgehead atoms. The second kappa shape index (κ2) is 3.68. The average Bonchev–Trinajstić information content (AvgIpc) is 1.63. The Hall–Kier alpha value is -0.290. The molecule has 4 nitrogen and oxygen atoms in total. The van der Waals surface area contributed by atoms with Gasteiger partial charge >= 0.3 is 0 Å². The highest BCUT2D eigenvalue weighted by molar-refractivity contribution is 7.89. The van der Waals surface area contributed by atoms with Crippen molar-refractivity contribution in [3.8, 4) is 0 Å². The molecule has 2 N–H and O–H groups in total. The first-order valence-electron chi connectivity index (χ1n) is 2.10. The molecular weight excluding hydrogens is 160 g/mol. The third kappa shape index (κ3) is 7.71. The molecule has 0 saturated carbocycles. The van der Waals surface area contributed by atoms with E-state index >= 15 is 0 Å². The zero-order chi connectivity index (χ0) is 7.33. The van der Waals surface area contributed by atoms with Gasteiger partial charge in [0.25, 0.3) is 0 Å². The fourth-order valence-electron chi connectivity index (χ4n) is 0.219. The van der Waals surface area contributed by atoms with Gasteiger partial charge in [-0.25, -0.2) is 18.5 Å². The zero-order valence-corrected chi connectivity index (χ0v) is 6.20. The van der Waals surface area contributed by atoms with Crippen LogP contribution in [0.2, 0.25) is 0 Å². The minimum absolute atomic E-state index is 0.0995. The number of hydrogen-bond acceptors (Lipinski definition) is 4. The lowest BCUT2D eigenvalue weighted by Gasteiger charge is -1.88. The maximum absolute atomic E-state index is 10.2. The molecule has 0 aromatic carbocycles. The number of hydrogen-bond donors (Lipinski definition) is 1. The van der Waals surface area contributed by atoms with Gasteiger partial charge in [-0.3, -0.25) is 0 Å². The highest BCUT2D eigenvalue weighted by Gasteiger charge is 1.98. The van der Waals surface area contributed by atoms with Crippen LogP contribution in [0, 0.1) is 0 Å². The van der Waals surface area contributed by atoms with Gasteiger partial charge in [-0.15, -0.1) is 0 Å². The summed E-state index contributed by atoms with van der Waals surface area (Å²) < 4.78 is 20.3. The Balaban J connectivity index is 3.66. The lowest BCUT2D eigenvalue weighted by atomic mass is 10.8. The van der Waals surface area contributed by atoms with Crippen LogP contribution in [-0.4, -0.2) is 25.9 Å². The van der Waals surface area contributed by atoms with Gasteiger partial charge in [0, 0.05) is 0 Å². The van der Waals surface area contributed by atoms with Crippen molar-refractivity contribution in [3.63, 3.8) is 0 Å². The van der Waals surface area contributed by atoms with Crippen LogP contribution in [0.15, 0.2) is 4.99 Å². The van der Waals surface area contributed by atoms with Crippen LogP contribution in [0.25, 0.3) is 0 Å². The Bertz CT molecular complexity index is 214. The third-order valence-electron chi connectivity index (χ3n) is 0.552. The van der Waals surface area contributed by atoms with Crippen molar-refractivity contribution in [1.82, 2.24) is 0 Å². The number of thiocarbonyl (C=S) groups is 1. The van der Waals surface area contributed by atoms with Crippen molar-refractivity contribution >= 4 is 27.4 Å². The molecule has 0 atom stereocenters. The second-order valence-electron chi connectivity index (χ2n) is 1.34. The molecule has 0 aliphatic rings. The molecule has 0 aliphatic heterocycles. The van der Waals surface area contributed by atoms with E-state index in [2.05, 4.69) is 22.3 Å². The molecule has 0 fully saturated rings. The van der Waals surface area contributed by atoms with E-state index in [4.69, 9.17) is 0 Å². The Morgan fingerprint density at radius 3 is 2.56 bits per heavy atom. The van der Waals surface area contributed by atoms with Crippen LogP contribution in [0.1, 0.15) is 0 Å². The van der Waals surface area contributed by atoms with Gasteiger partial charge in [0.05, 0.1) is 17.5 Å². The first kappa shape index (κ1) is 8.71. The average molecular weight is 166 g/mol. The summed E-state index contributed by atoms with van der Waals surface area (Å²) in [5.41, 5.74) is 0. The van der Waals surface area contributed by atoms with Crippen molar-refractivity contribution in [2.75, 3.05) is 12.3 Å². The van der Waals surface area contributed by atoms with E-state index in [0.29, 0.717) is 0 Å². The smallest absolute Gasteiger partial charge is 0.210 e. The first-order chi connectivity index (χ1) is 4.06. The number of nitrogens with two attached hydrogens (primary N) is 1. The highest BCUT2D eigenvalue weighted by Crippen LogP contribution is 1.76. The number of primary sulfonamides is 1. The normalized spacial score (nSPS) is 10.3. The zero-order valence-electron chi connectivity index (χ0n) is 4.57.